The van der Waals surface area contributed by atoms with Gasteiger partial charge in [-0.25, -0.2) is 0 Å². The van der Waals surface area contributed by atoms with Gasteiger partial charge in [0.15, 0.2) is 17.3 Å². The number of carbonyl (C=O) groups is 1. The molecule has 2 aliphatic heterocycles. The maximum absolute atomic E-state index is 12.8. The number of hydrogen-bond donors (Lipinski definition) is 0. The highest BCUT2D eigenvalue weighted by atomic mass is 16.6. The van der Waals surface area contributed by atoms with Crippen LogP contribution < -0.4 is 9.47 Å². The Morgan fingerprint density at radius 1 is 1.10 bits per heavy atom. The van der Waals surface area contributed by atoms with Crippen LogP contribution in [0, 0.1) is 5.92 Å². The molecule has 4 rings (SSSR count). The predicted molar refractivity (Wildman–Crippen MR) is 77.0 cm³/mol. The monoisotopic (exact) mass is 288 g/mol. The Morgan fingerprint density at radius 2 is 1.90 bits per heavy atom. The summed E-state index contributed by atoms with van der Waals surface area (Å²) in [5.74, 6) is 1.74. The number of hydrogen-bond acceptors (Lipinski definition) is 4. The summed E-state index contributed by atoms with van der Waals surface area (Å²) in [5.41, 5.74) is 0.743. The van der Waals surface area contributed by atoms with Crippen molar-refractivity contribution in [2.75, 3.05) is 19.8 Å². The third kappa shape index (κ3) is 2.31. The lowest BCUT2D eigenvalue weighted by Gasteiger charge is -2.46. The maximum atomic E-state index is 12.8. The van der Waals surface area contributed by atoms with Crippen LogP contribution in [0.4, 0.5) is 0 Å². The molecule has 0 aromatic heterocycles. The van der Waals surface area contributed by atoms with Crippen molar-refractivity contribution in [2.24, 2.45) is 5.92 Å². The van der Waals surface area contributed by atoms with E-state index in [0.29, 0.717) is 25.6 Å². The Morgan fingerprint density at radius 3 is 2.67 bits per heavy atom. The second-order valence-corrected chi connectivity index (χ2v) is 6.30. The minimum atomic E-state index is 0.00634. The molecule has 4 heteroatoms. The van der Waals surface area contributed by atoms with Gasteiger partial charge in [-0.1, -0.05) is 0 Å². The SMILES string of the molecule is O=C(c1ccc2c(c1)OCCO2)C1CCOC2(CCC2)C1. The van der Waals surface area contributed by atoms with Crippen molar-refractivity contribution in [3.8, 4) is 11.5 Å². The zero-order valence-corrected chi connectivity index (χ0v) is 12.1. The number of Topliss-reactive ketones (excluding diaryl/α,β-unsaturated/α-hetero) is 1. The zero-order chi connectivity index (χ0) is 14.3. The number of rotatable bonds is 2. The number of ether oxygens (including phenoxy) is 3. The van der Waals surface area contributed by atoms with Gasteiger partial charge in [0.2, 0.25) is 0 Å². The van der Waals surface area contributed by atoms with Gasteiger partial charge >= 0.3 is 0 Å². The first-order valence-electron chi connectivity index (χ1n) is 7.84. The van der Waals surface area contributed by atoms with Crippen molar-refractivity contribution in [1.82, 2.24) is 0 Å². The molecule has 1 atom stereocenters. The lowest BCUT2D eigenvalue weighted by molar-refractivity contribution is -0.137. The van der Waals surface area contributed by atoms with Gasteiger partial charge in [0.25, 0.3) is 0 Å². The summed E-state index contributed by atoms with van der Waals surface area (Å²) in [6.07, 6.45) is 5.15. The van der Waals surface area contributed by atoms with E-state index in [1.165, 1.54) is 6.42 Å². The lowest BCUT2D eigenvalue weighted by Crippen LogP contribution is -2.47. The Labute approximate surface area is 124 Å². The fourth-order valence-electron chi connectivity index (χ4n) is 3.60. The number of fused-ring (bicyclic) bond motifs is 1. The van der Waals surface area contributed by atoms with Crippen LogP contribution in [0.15, 0.2) is 18.2 Å². The van der Waals surface area contributed by atoms with E-state index in [4.69, 9.17) is 14.2 Å². The van der Waals surface area contributed by atoms with Gasteiger partial charge in [-0.15, -0.1) is 0 Å². The highest BCUT2D eigenvalue weighted by molar-refractivity contribution is 5.98. The molecule has 21 heavy (non-hydrogen) atoms. The van der Waals surface area contributed by atoms with Crippen LogP contribution in [0.1, 0.15) is 42.5 Å². The number of carbonyl (C=O) groups excluding carboxylic acids is 1. The molecule has 112 valence electrons. The summed E-state index contributed by atoms with van der Waals surface area (Å²) >= 11 is 0. The second-order valence-electron chi connectivity index (χ2n) is 6.30. The van der Waals surface area contributed by atoms with Gasteiger partial charge in [0, 0.05) is 18.1 Å². The highest BCUT2D eigenvalue weighted by Gasteiger charge is 2.44. The van der Waals surface area contributed by atoms with Crippen molar-refractivity contribution in [1.29, 1.82) is 0 Å². The first-order chi connectivity index (χ1) is 10.3. The molecule has 1 aromatic rings. The van der Waals surface area contributed by atoms with Crippen LogP contribution in [-0.2, 0) is 4.74 Å². The first kappa shape index (κ1) is 13.1. The van der Waals surface area contributed by atoms with Crippen LogP contribution in [0.25, 0.3) is 0 Å². The van der Waals surface area contributed by atoms with Gasteiger partial charge in [0.1, 0.15) is 13.2 Å². The van der Waals surface area contributed by atoms with Gasteiger partial charge in [-0.2, -0.15) is 0 Å². The molecule has 0 N–H and O–H groups in total. The van der Waals surface area contributed by atoms with Crippen LogP contribution in [-0.4, -0.2) is 31.2 Å². The molecular weight excluding hydrogens is 268 g/mol. The fraction of sp³-hybridized carbons (Fsp3) is 0.588. The van der Waals surface area contributed by atoms with E-state index in [1.807, 2.05) is 18.2 Å². The Bertz CT molecular complexity index is 562. The molecule has 1 aromatic carbocycles. The smallest absolute Gasteiger partial charge is 0.166 e. The Balaban J connectivity index is 1.54. The minimum Gasteiger partial charge on any atom is -0.486 e. The second kappa shape index (κ2) is 5.02. The van der Waals surface area contributed by atoms with E-state index >= 15 is 0 Å². The fourth-order valence-corrected chi connectivity index (χ4v) is 3.60. The third-order valence-electron chi connectivity index (χ3n) is 4.96. The molecular formula is C17H20O4. The molecule has 2 heterocycles. The maximum Gasteiger partial charge on any atom is 0.166 e. The highest BCUT2D eigenvalue weighted by Crippen LogP contribution is 2.45. The molecule has 1 unspecified atom stereocenters. The molecule has 0 amide bonds. The third-order valence-corrected chi connectivity index (χ3v) is 4.96. The molecule has 1 spiro atoms. The van der Waals surface area contributed by atoms with Crippen molar-refractivity contribution < 1.29 is 19.0 Å². The van der Waals surface area contributed by atoms with Crippen LogP contribution >= 0.6 is 0 Å². The van der Waals surface area contributed by atoms with Crippen LogP contribution in [0.3, 0.4) is 0 Å². The summed E-state index contributed by atoms with van der Waals surface area (Å²) in [5, 5.41) is 0. The molecule has 0 bridgehead atoms. The van der Waals surface area contributed by atoms with Crippen molar-refractivity contribution in [3.63, 3.8) is 0 Å². The van der Waals surface area contributed by atoms with Gasteiger partial charge < -0.3 is 14.2 Å². The molecule has 0 radical (unpaired) electrons. The summed E-state index contributed by atoms with van der Waals surface area (Å²) in [6.45, 7) is 1.83. The molecule has 3 aliphatic rings. The number of ketones is 1. The Hall–Kier alpha value is -1.55. The molecule has 2 fully saturated rings. The largest absolute Gasteiger partial charge is 0.486 e. The van der Waals surface area contributed by atoms with Crippen LogP contribution in [0.5, 0.6) is 11.5 Å². The van der Waals surface area contributed by atoms with Gasteiger partial charge in [-0.05, 0) is 50.3 Å². The van der Waals surface area contributed by atoms with E-state index < -0.39 is 0 Å². The standard InChI is InChI=1S/C17H20O4/c18-16(13-4-7-21-17(11-13)5-1-6-17)12-2-3-14-15(10-12)20-9-8-19-14/h2-3,10,13H,1,4-9,11H2. The number of benzene rings is 1. The van der Waals surface area contributed by atoms with E-state index in [9.17, 15) is 4.79 Å². The van der Waals surface area contributed by atoms with Crippen molar-refractivity contribution >= 4 is 5.78 Å². The Kier molecular flexibility index (Phi) is 3.14. The first-order valence-corrected chi connectivity index (χ1v) is 7.84. The average Bonchev–Trinajstić information content (AvgIpc) is 2.52. The van der Waals surface area contributed by atoms with E-state index in [1.54, 1.807) is 0 Å². The summed E-state index contributed by atoms with van der Waals surface area (Å²) < 4.78 is 17.0. The minimum absolute atomic E-state index is 0.00634. The van der Waals surface area contributed by atoms with Gasteiger partial charge in [-0.3, -0.25) is 4.79 Å². The summed E-state index contributed by atoms with van der Waals surface area (Å²) in [6, 6.07) is 5.54. The summed E-state index contributed by atoms with van der Waals surface area (Å²) in [4.78, 5) is 12.8. The topological polar surface area (TPSA) is 44.8 Å². The average molecular weight is 288 g/mol. The van der Waals surface area contributed by atoms with E-state index in [0.717, 1.165) is 37.0 Å². The van der Waals surface area contributed by atoms with Crippen molar-refractivity contribution in [3.05, 3.63) is 23.8 Å². The quantitative estimate of drug-likeness (QED) is 0.785. The van der Waals surface area contributed by atoms with Crippen molar-refractivity contribution in [2.45, 2.75) is 37.7 Å². The molecule has 1 saturated carbocycles. The van der Waals surface area contributed by atoms with Crippen LogP contribution in [0.2, 0.25) is 0 Å². The lowest BCUT2D eigenvalue weighted by atomic mass is 9.70. The molecule has 4 nitrogen and oxygen atoms in total. The van der Waals surface area contributed by atoms with E-state index in [2.05, 4.69) is 0 Å². The predicted octanol–water partition coefficient (Wildman–Crippen LogP) is 2.99. The molecule has 1 saturated heterocycles. The zero-order valence-electron chi connectivity index (χ0n) is 12.1. The van der Waals surface area contributed by atoms with E-state index in [-0.39, 0.29) is 17.3 Å². The normalized spacial score (nSPS) is 26.2. The summed E-state index contributed by atoms with van der Waals surface area (Å²) in [7, 11) is 0. The van der Waals surface area contributed by atoms with Gasteiger partial charge in [0.05, 0.1) is 5.60 Å². The molecule has 1 aliphatic carbocycles.